The molecule has 29 heavy (non-hydrogen) atoms. The van der Waals surface area contributed by atoms with Gasteiger partial charge in [0, 0.05) is 30.7 Å². The van der Waals surface area contributed by atoms with Crippen LogP contribution in [-0.2, 0) is 25.3 Å². The van der Waals surface area contributed by atoms with E-state index in [4.69, 9.17) is 33.0 Å². The molecule has 1 N–H and O–H groups in total. The van der Waals surface area contributed by atoms with E-state index in [0.717, 1.165) is 17.0 Å². The third-order valence-electron chi connectivity index (χ3n) is 5.24. The summed E-state index contributed by atoms with van der Waals surface area (Å²) in [5, 5.41) is 9.14. The Labute approximate surface area is 179 Å². The normalized spacial score (nSPS) is 15.9. The number of carbonyl (C=O) groups excluding carboxylic acids is 1. The summed E-state index contributed by atoms with van der Waals surface area (Å²) < 4.78 is 7.70. The molecule has 0 saturated carbocycles. The zero-order valence-electron chi connectivity index (χ0n) is 16.3. The number of ether oxygens (including phenoxy) is 1. The number of hydrogen-bond acceptors (Lipinski definition) is 3. The van der Waals surface area contributed by atoms with Crippen LogP contribution in [0.1, 0.15) is 32.3 Å². The molecule has 154 valence electrons. The number of carboxylic acid groups (broad SMARTS) is 1. The van der Waals surface area contributed by atoms with Crippen molar-refractivity contribution in [2.75, 3.05) is 6.61 Å². The van der Waals surface area contributed by atoms with E-state index in [2.05, 4.69) is 0 Å². The van der Waals surface area contributed by atoms with Crippen molar-refractivity contribution >= 4 is 35.1 Å². The first-order valence-electron chi connectivity index (χ1n) is 9.59. The molecule has 0 fully saturated rings. The van der Waals surface area contributed by atoms with Gasteiger partial charge in [-0.1, -0.05) is 23.0 Å². The number of carboxylic acids is 1. The summed E-state index contributed by atoms with van der Waals surface area (Å²) in [5.74, 6) is -2.24. The maximum absolute atomic E-state index is 12.2. The van der Waals surface area contributed by atoms with Crippen molar-refractivity contribution in [3.63, 3.8) is 0 Å². The van der Waals surface area contributed by atoms with E-state index in [1.165, 1.54) is 0 Å². The first-order valence-corrected chi connectivity index (χ1v) is 10.3. The molecule has 0 bridgehead atoms. The van der Waals surface area contributed by atoms with Crippen LogP contribution in [0.25, 0.3) is 11.4 Å². The number of nitrogens with zero attached hydrogens (tertiary/aromatic N) is 2. The number of rotatable bonds is 8. The van der Waals surface area contributed by atoms with Gasteiger partial charge in [0.2, 0.25) is 0 Å². The fraction of sp³-hybridized carbons (Fsp3) is 0.429. The lowest BCUT2D eigenvalue weighted by molar-refractivity contribution is -0.907. The second-order valence-corrected chi connectivity index (χ2v) is 8.50. The van der Waals surface area contributed by atoms with E-state index in [9.17, 15) is 9.59 Å². The predicted molar refractivity (Wildman–Crippen MR) is 107 cm³/mol. The van der Waals surface area contributed by atoms with Gasteiger partial charge in [-0.2, -0.15) is 0 Å². The highest BCUT2D eigenvalue weighted by molar-refractivity contribution is 6.43. The summed E-state index contributed by atoms with van der Waals surface area (Å²) in [5.41, 5.74) is 2.75. The molecule has 2 aromatic rings. The lowest BCUT2D eigenvalue weighted by Crippen LogP contribution is -2.62. The van der Waals surface area contributed by atoms with Crippen LogP contribution in [0.15, 0.2) is 42.7 Å². The quantitative estimate of drug-likeness (QED) is 0.390. The van der Waals surface area contributed by atoms with Crippen molar-refractivity contribution in [1.29, 1.82) is 0 Å². The standard InChI is InChI=1S/C21H23Cl2N2O4/c1-3-16(19(26)27)12-14(2)20(28)29-11-8-15-7-10-25-18(13-15)17-6-4-5-9-24(17)21(25,22)23/h4-7,9-10,13-14,16H,3,8,11-12H2,1-2H3/q+1/p+1. The van der Waals surface area contributed by atoms with Crippen LogP contribution in [0.5, 0.6) is 0 Å². The fourth-order valence-corrected chi connectivity index (χ4v) is 4.10. The van der Waals surface area contributed by atoms with E-state index in [-0.39, 0.29) is 19.0 Å². The van der Waals surface area contributed by atoms with Crippen LogP contribution >= 0.6 is 23.2 Å². The molecule has 1 aliphatic heterocycles. The summed E-state index contributed by atoms with van der Waals surface area (Å²) in [6.07, 6.45) is 4.95. The Bertz CT molecular complexity index is 933. The molecule has 2 aromatic heterocycles. The van der Waals surface area contributed by atoms with E-state index >= 15 is 0 Å². The summed E-state index contributed by atoms with van der Waals surface area (Å²) in [7, 11) is 0. The van der Waals surface area contributed by atoms with Crippen LogP contribution in [0, 0.1) is 11.8 Å². The van der Waals surface area contributed by atoms with Crippen LogP contribution in [0.4, 0.5) is 0 Å². The lowest BCUT2D eigenvalue weighted by atomic mass is 9.94. The van der Waals surface area contributed by atoms with Crippen molar-refractivity contribution in [2.24, 2.45) is 11.8 Å². The Kier molecular flexibility index (Phi) is 6.44. The minimum Gasteiger partial charge on any atom is -0.481 e. The Morgan fingerprint density at radius 3 is 2.59 bits per heavy atom. The molecular formula is C21H24Cl2N2O4+2. The Morgan fingerprint density at radius 2 is 1.90 bits per heavy atom. The van der Waals surface area contributed by atoms with Gasteiger partial charge >= 0.3 is 16.5 Å². The molecule has 3 rings (SSSR count). The second-order valence-electron chi connectivity index (χ2n) is 7.25. The topological polar surface area (TPSA) is 71.4 Å². The molecule has 3 heterocycles. The molecule has 0 saturated heterocycles. The van der Waals surface area contributed by atoms with Crippen molar-refractivity contribution in [1.82, 2.24) is 0 Å². The van der Waals surface area contributed by atoms with Gasteiger partial charge < -0.3 is 9.84 Å². The van der Waals surface area contributed by atoms with Gasteiger partial charge in [-0.25, -0.2) is 0 Å². The van der Waals surface area contributed by atoms with Gasteiger partial charge in [0.15, 0.2) is 12.4 Å². The lowest BCUT2D eigenvalue weighted by Gasteiger charge is -2.15. The largest absolute Gasteiger partial charge is 0.527 e. The number of aliphatic carboxylic acids is 1. The molecule has 6 nitrogen and oxygen atoms in total. The number of pyridine rings is 2. The molecule has 0 amide bonds. The van der Waals surface area contributed by atoms with Gasteiger partial charge in [-0.05, 0) is 24.5 Å². The monoisotopic (exact) mass is 438 g/mol. The molecule has 1 aliphatic rings. The molecule has 8 heteroatoms. The van der Waals surface area contributed by atoms with Gasteiger partial charge in [0.05, 0.1) is 41.6 Å². The van der Waals surface area contributed by atoms with Crippen molar-refractivity contribution in [3.8, 4) is 11.4 Å². The first kappa shape index (κ1) is 21.5. The maximum atomic E-state index is 12.2. The van der Waals surface area contributed by atoms with Gasteiger partial charge in [0.1, 0.15) is 0 Å². The predicted octanol–water partition coefficient (Wildman–Crippen LogP) is 3.06. The Morgan fingerprint density at radius 1 is 1.17 bits per heavy atom. The zero-order chi connectivity index (χ0) is 21.2. The minimum absolute atomic E-state index is 0.220. The molecule has 2 unspecified atom stereocenters. The highest BCUT2D eigenvalue weighted by Gasteiger charge is 2.57. The average molecular weight is 439 g/mol. The summed E-state index contributed by atoms with van der Waals surface area (Å²) in [4.78, 5) is 23.3. The van der Waals surface area contributed by atoms with E-state index in [1.807, 2.05) is 42.7 Å². The van der Waals surface area contributed by atoms with Crippen LogP contribution in [0.2, 0.25) is 0 Å². The van der Waals surface area contributed by atoms with E-state index < -0.39 is 22.4 Å². The molecular weight excluding hydrogens is 415 g/mol. The zero-order valence-corrected chi connectivity index (χ0v) is 17.9. The summed E-state index contributed by atoms with van der Waals surface area (Å²) in [6, 6.07) is 9.60. The average Bonchev–Trinajstić information content (AvgIpc) is 2.93. The van der Waals surface area contributed by atoms with Crippen LogP contribution in [-0.4, -0.2) is 23.7 Å². The third kappa shape index (κ3) is 4.38. The third-order valence-corrected chi connectivity index (χ3v) is 5.97. The minimum atomic E-state index is -1.23. The Hall–Kier alpha value is -2.18. The maximum Gasteiger partial charge on any atom is 0.527 e. The summed E-state index contributed by atoms with van der Waals surface area (Å²) in [6.45, 7) is 3.72. The highest BCUT2D eigenvalue weighted by atomic mass is 35.5. The molecule has 0 aromatic carbocycles. The van der Waals surface area contributed by atoms with Crippen LogP contribution < -0.4 is 9.13 Å². The molecule has 0 spiro atoms. The van der Waals surface area contributed by atoms with Crippen LogP contribution in [0.3, 0.4) is 0 Å². The first-order chi connectivity index (χ1) is 13.8. The molecule has 0 radical (unpaired) electrons. The van der Waals surface area contributed by atoms with Crippen molar-refractivity contribution < 1.29 is 28.6 Å². The Balaban J connectivity index is 1.62. The number of carbonyl (C=O) groups is 2. The molecule has 0 aliphatic carbocycles. The van der Waals surface area contributed by atoms with E-state index in [0.29, 0.717) is 12.8 Å². The number of alkyl halides is 2. The van der Waals surface area contributed by atoms with Gasteiger partial charge in [-0.3, -0.25) is 9.59 Å². The number of fused-ring (bicyclic) bond motifs is 3. The van der Waals surface area contributed by atoms with Gasteiger partial charge in [0.25, 0.3) is 11.4 Å². The highest BCUT2D eigenvalue weighted by Crippen LogP contribution is 2.29. The second kappa shape index (κ2) is 8.67. The number of esters is 1. The fourth-order valence-electron chi connectivity index (χ4n) is 3.51. The number of hydrogen-bond donors (Lipinski definition) is 1. The van der Waals surface area contributed by atoms with Gasteiger partial charge in [-0.15, -0.1) is 0 Å². The summed E-state index contributed by atoms with van der Waals surface area (Å²) >= 11 is 13.0. The number of halogens is 2. The molecule has 2 atom stereocenters. The van der Waals surface area contributed by atoms with Crippen molar-refractivity contribution in [2.45, 2.75) is 37.7 Å². The van der Waals surface area contributed by atoms with E-state index in [1.54, 1.807) is 23.0 Å². The SMILES string of the molecule is CCC(CC(C)C(=O)OCCc1cc[n+]2c(c1)-c1cccc[n+]1C2(Cl)Cl)C(=O)O. The smallest absolute Gasteiger partial charge is 0.481 e. The number of aromatic nitrogens is 2. The van der Waals surface area contributed by atoms with Crippen molar-refractivity contribution in [3.05, 3.63) is 48.3 Å².